The summed E-state index contributed by atoms with van der Waals surface area (Å²) in [6, 6.07) is 6.15. The van der Waals surface area contributed by atoms with Gasteiger partial charge in [0.15, 0.2) is 5.17 Å². The molecule has 2 heterocycles. The lowest BCUT2D eigenvalue weighted by molar-refractivity contribution is -0.143. The minimum absolute atomic E-state index is 0.0762. The van der Waals surface area contributed by atoms with Crippen LogP contribution in [0.5, 0.6) is 5.75 Å². The molecule has 0 unspecified atom stereocenters. The number of rotatable bonds is 5. The number of carbonyl (C=O) groups is 3. The zero-order valence-corrected chi connectivity index (χ0v) is 17.9. The zero-order valence-electron chi connectivity index (χ0n) is 17.1. The van der Waals surface area contributed by atoms with Gasteiger partial charge in [0, 0.05) is 6.92 Å². The van der Waals surface area contributed by atoms with Gasteiger partial charge in [-0.3, -0.25) is 14.5 Å². The number of amides is 1. The van der Waals surface area contributed by atoms with Crippen molar-refractivity contribution in [1.82, 2.24) is 4.90 Å². The Morgan fingerprint density at radius 3 is 2.45 bits per heavy atom. The third-order valence-electron chi connectivity index (χ3n) is 4.54. The van der Waals surface area contributed by atoms with Crippen LogP contribution >= 0.6 is 11.8 Å². The van der Waals surface area contributed by atoms with Gasteiger partial charge in [-0.2, -0.15) is 0 Å². The Balaban J connectivity index is 2.07. The van der Waals surface area contributed by atoms with Crippen molar-refractivity contribution in [3.63, 3.8) is 0 Å². The minimum atomic E-state index is -0.642. The van der Waals surface area contributed by atoms with Crippen molar-refractivity contribution in [2.24, 2.45) is 4.99 Å². The van der Waals surface area contributed by atoms with Crippen LogP contribution in [0.3, 0.4) is 0 Å². The monoisotopic (exact) mass is 416 g/mol. The number of fused-ring (bicyclic) bond motifs is 1. The van der Waals surface area contributed by atoms with Crippen LogP contribution in [-0.4, -0.2) is 39.3 Å². The van der Waals surface area contributed by atoms with Crippen LogP contribution in [-0.2, 0) is 19.1 Å². The van der Waals surface area contributed by atoms with E-state index >= 15 is 0 Å². The molecule has 0 aliphatic carbocycles. The van der Waals surface area contributed by atoms with Crippen LogP contribution in [0.2, 0.25) is 0 Å². The molecule has 0 spiro atoms. The number of hydrogen-bond acceptors (Lipinski definition) is 7. The maximum Gasteiger partial charge on any atom is 0.338 e. The van der Waals surface area contributed by atoms with E-state index in [1.807, 2.05) is 6.92 Å². The molecule has 1 aromatic carbocycles. The molecule has 2 aliphatic rings. The molecule has 1 fully saturated rings. The van der Waals surface area contributed by atoms with Gasteiger partial charge in [-0.15, -0.1) is 0 Å². The maximum atomic E-state index is 13.0. The SMILES string of the molecule is CC[C@@H]1SC2=NC(C)=C(C(=O)OC(C)C)[C@@H](c3ccc(OC(C)=O)cc3)N2C1=O. The van der Waals surface area contributed by atoms with Crippen LogP contribution in [0.4, 0.5) is 0 Å². The first-order valence-corrected chi connectivity index (χ1v) is 10.4. The summed E-state index contributed by atoms with van der Waals surface area (Å²) < 4.78 is 10.5. The highest BCUT2D eigenvalue weighted by atomic mass is 32.2. The second kappa shape index (κ2) is 8.41. The summed E-state index contributed by atoms with van der Waals surface area (Å²) in [4.78, 5) is 43.2. The van der Waals surface area contributed by atoms with E-state index < -0.39 is 18.0 Å². The van der Waals surface area contributed by atoms with Gasteiger partial charge in [0.1, 0.15) is 5.75 Å². The summed E-state index contributed by atoms with van der Waals surface area (Å²) in [5, 5.41) is 0.361. The van der Waals surface area contributed by atoms with Gasteiger partial charge in [-0.05, 0) is 44.9 Å². The lowest BCUT2D eigenvalue weighted by atomic mass is 9.94. The van der Waals surface area contributed by atoms with Gasteiger partial charge in [-0.25, -0.2) is 9.79 Å². The quantitative estimate of drug-likeness (QED) is 0.539. The first kappa shape index (κ1) is 21.1. The Morgan fingerprint density at radius 1 is 1.24 bits per heavy atom. The maximum absolute atomic E-state index is 13.0. The molecule has 7 nitrogen and oxygen atoms in total. The van der Waals surface area contributed by atoms with Crippen LogP contribution < -0.4 is 4.74 Å². The number of allylic oxidation sites excluding steroid dienone is 1. The summed E-state index contributed by atoms with van der Waals surface area (Å²) >= 11 is 1.41. The summed E-state index contributed by atoms with van der Waals surface area (Å²) in [6.45, 7) is 8.59. The van der Waals surface area contributed by atoms with E-state index in [9.17, 15) is 14.4 Å². The van der Waals surface area contributed by atoms with Crippen LogP contribution in [0.15, 0.2) is 40.5 Å². The predicted octanol–water partition coefficient (Wildman–Crippen LogP) is 3.60. The van der Waals surface area contributed by atoms with Gasteiger partial charge in [0.25, 0.3) is 0 Å². The molecule has 0 saturated carbocycles. The van der Waals surface area contributed by atoms with Crippen molar-refractivity contribution < 1.29 is 23.9 Å². The van der Waals surface area contributed by atoms with Gasteiger partial charge >= 0.3 is 11.9 Å². The number of amidine groups is 1. The molecule has 0 radical (unpaired) electrons. The number of esters is 2. The highest BCUT2D eigenvalue weighted by Crippen LogP contribution is 2.44. The molecule has 2 aliphatic heterocycles. The molecule has 3 rings (SSSR count). The molecule has 8 heteroatoms. The van der Waals surface area contributed by atoms with Gasteiger partial charge in [0.05, 0.1) is 28.7 Å². The molecule has 0 bridgehead atoms. The van der Waals surface area contributed by atoms with E-state index in [1.54, 1.807) is 49.9 Å². The van der Waals surface area contributed by atoms with Crippen LogP contribution in [0.1, 0.15) is 52.6 Å². The Labute approximate surface area is 174 Å². The minimum Gasteiger partial charge on any atom is -0.459 e. The largest absolute Gasteiger partial charge is 0.459 e. The van der Waals surface area contributed by atoms with E-state index in [2.05, 4.69) is 4.99 Å². The van der Waals surface area contributed by atoms with Gasteiger partial charge in [-0.1, -0.05) is 30.8 Å². The number of benzene rings is 1. The van der Waals surface area contributed by atoms with E-state index in [4.69, 9.17) is 9.47 Å². The molecule has 29 heavy (non-hydrogen) atoms. The number of carbonyl (C=O) groups excluding carboxylic acids is 3. The first-order chi connectivity index (χ1) is 13.7. The van der Waals surface area contributed by atoms with E-state index in [0.29, 0.717) is 34.2 Å². The van der Waals surface area contributed by atoms with Gasteiger partial charge in [0.2, 0.25) is 5.91 Å². The fourth-order valence-electron chi connectivity index (χ4n) is 3.33. The second-order valence-electron chi connectivity index (χ2n) is 7.14. The Hall–Kier alpha value is -2.61. The van der Waals surface area contributed by atoms with E-state index in [0.717, 1.165) is 0 Å². The van der Waals surface area contributed by atoms with Crippen LogP contribution in [0.25, 0.3) is 0 Å². The molecule has 154 valence electrons. The molecule has 0 aromatic heterocycles. The average Bonchev–Trinajstić information content (AvgIpc) is 2.95. The fraction of sp³-hybridized carbons (Fsp3) is 0.429. The smallest absolute Gasteiger partial charge is 0.338 e. The second-order valence-corrected chi connectivity index (χ2v) is 8.31. The molecule has 1 aromatic rings. The number of nitrogens with zero attached hydrogens (tertiary/aromatic N) is 2. The Morgan fingerprint density at radius 2 is 1.90 bits per heavy atom. The standard InChI is InChI=1S/C21H24N2O5S/c1-6-16-19(25)23-18(14-7-9-15(10-8-14)28-13(5)24)17(20(26)27-11(2)3)12(4)22-21(23)29-16/h7-11,16,18H,6H2,1-5H3/t16-,18+/m0/s1. The number of aliphatic imine (C=N–C) groups is 1. The predicted molar refractivity (Wildman–Crippen MR) is 110 cm³/mol. The molecule has 1 saturated heterocycles. The molecular weight excluding hydrogens is 392 g/mol. The fourth-order valence-corrected chi connectivity index (χ4v) is 4.46. The van der Waals surface area contributed by atoms with Crippen molar-refractivity contribution in [3.05, 3.63) is 41.1 Å². The van der Waals surface area contributed by atoms with E-state index in [-0.39, 0.29) is 17.3 Å². The summed E-state index contributed by atoms with van der Waals surface area (Å²) in [7, 11) is 0. The average molecular weight is 416 g/mol. The van der Waals surface area contributed by atoms with Crippen molar-refractivity contribution in [1.29, 1.82) is 0 Å². The molecule has 0 N–H and O–H groups in total. The third kappa shape index (κ3) is 4.22. The van der Waals surface area contributed by atoms with Gasteiger partial charge < -0.3 is 9.47 Å². The number of hydrogen-bond donors (Lipinski definition) is 0. The van der Waals surface area contributed by atoms with Crippen molar-refractivity contribution in [2.75, 3.05) is 0 Å². The normalized spacial score (nSPS) is 21.2. The molecule has 1 amide bonds. The van der Waals surface area contributed by atoms with E-state index in [1.165, 1.54) is 18.7 Å². The highest BCUT2D eigenvalue weighted by Gasteiger charge is 2.47. The van der Waals surface area contributed by atoms with Crippen molar-refractivity contribution >= 4 is 34.8 Å². The summed E-state index contributed by atoms with van der Waals surface area (Å²) in [5.41, 5.74) is 1.59. The Kier molecular flexibility index (Phi) is 6.12. The summed E-state index contributed by atoms with van der Waals surface area (Å²) in [5.74, 6) is -0.593. The van der Waals surface area contributed by atoms with Crippen LogP contribution in [0, 0.1) is 0 Å². The summed E-state index contributed by atoms with van der Waals surface area (Å²) in [6.07, 6.45) is 0.370. The lowest BCUT2D eigenvalue weighted by Crippen LogP contribution is -2.41. The zero-order chi connectivity index (χ0) is 21.3. The number of ether oxygens (including phenoxy) is 2. The first-order valence-electron chi connectivity index (χ1n) is 9.51. The molecule has 2 atom stereocenters. The topological polar surface area (TPSA) is 85.3 Å². The number of thioether (sulfide) groups is 1. The lowest BCUT2D eigenvalue weighted by Gasteiger charge is -2.33. The third-order valence-corrected chi connectivity index (χ3v) is 5.86. The Bertz CT molecular complexity index is 904. The highest BCUT2D eigenvalue weighted by molar-refractivity contribution is 8.15. The molecular formula is C21H24N2O5S. The van der Waals surface area contributed by atoms with Crippen molar-refractivity contribution in [2.45, 2.75) is 58.4 Å². The van der Waals surface area contributed by atoms with Crippen molar-refractivity contribution in [3.8, 4) is 5.75 Å².